The topological polar surface area (TPSA) is 45.6 Å². The quantitative estimate of drug-likeness (QED) is 0.402. The number of rotatable bonds is 7. The molecule has 5 heteroatoms. The van der Waals surface area contributed by atoms with Crippen molar-refractivity contribution in [1.82, 2.24) is 10.6 Å². The van der Waals surface area contributed by atoms with Crippen LogP contribution >= 0.6 is 24.0 Å². The predicted octanol–water partition coefficient (Wildman–Crippen LogP) is 3.72. The van der Waals surface area contributed by atoms with E-state index in [0.717, 1.165) is 30.2 Å². The largest absolute Gasteiger partial charge is 0.494 e. The van der Waals surface area contributed by atoms with Crippen molar-refractivity contribution in [3.05, 3.63) is 29.3 Å². The highest BCUT2D eigenvalue weighted by molar-refractivity contribution is 14.0. The number of guanidine groups is 1. The highest BCUT2D eigenvalue weighted by Gasteiger charge is 2.05. The molecule has 0 aliphatic carbocycles. The third kappa shape index (κ3) is 7.87. The second kappa shape index (κ2) is 11.6. The molecule has 2 N–H and O–H groups in total. The first-order valence-electron chi connectivity index (χ1n) is 7.73. The number of ether oxygens (including phenoxy) is 1. The molecular formula is C17H30IN3O. The molecule has 0 amide bonds. The van der Waals surface area contributed by atoms with Crippen LogP contribution in [-0.4, -0.2) is 26.2 Å². The predicted molar refractivity (Wildman–Crippen MR) is 105 cm³/mol. The van der Waals surface area contributed by atoms with Gasteiger partial charge in [0.25, 0.3) is 0 Å². The first-order chi connectivity index (χ1) is 10.1. The molecule has 1 aromatic rings. The van der Waals surface area contributed by atoms with Crippen LogP contribution in [0.1, 0.15) is 38.3 Å². The van der Waals surface area contributed by atoms with E-state index >= 15 is 0 Å². The first kappa shape index (κ1) is 21.0. The fourth-order valence-corrected chi connectivity index (χ4v) is 1.98. The number of aliphatic imine (C=N–C) groups is 1. The second-order valence-electron chi connectivity index (χ2n) is 5.58. The number of nitrogens with zero attached hydrogens (tertiary/aromatic N) is 1. The zero-order chi connectivity index (χ0) is 15.7. The van der Waals surface area contributed by atoms with Gasteiger partial charge in [0.05, 0.1) is 6.61 Å². The first-order valence-corrected chi connectivity index (χ1v) is 7.73. The molecule has 22 heavy (non-hydrogen) atoms. The minimum absolute atomic E-state index is 0. The molecule has 0 aliphatic rings. The summed E-state index contributed by atoms with van der Waals surface area (Å²) in [4.78, 5) is 4.25. The Labute approximate surface area is 152 Å². The number of benzene rings is 1. The molecule has 0 saturated carbocycles. The lowest BCUT2D eigenvalue weighted by molar-refractivity contribution is 0.336. The maximum atomic E-state index is 5.70. The molecule has 0 heterocycles. The van der Waals surface area contributed by atoms with Crippen molar-refractivity contribution in [2.45, 2.75) is 40.7 Å². The minimum atomic E-state index is 0. The molecule has 0 spiro atoms. The van der Waals surface area contributed by atoms with E-state index in [9.17, 15) is 0 Å². The van der Waals surface area contributed by atoms with E-state index in [4.69, 9.17) is 4.74 Å². The highest BCUT2D eigenvalue weighted by atomic mass is 127. The molecule has 0 bridgehead atoms. The summed E-state index contributed by atoms with van der Waals surface area (Å²) in [5, 5.41) is 6.67. The molecular weight excluding hydrogens is 389 g/mol. The van der Waals surface area contributed by atoms with Crippen LogP contribution in [0.15, 0.2) is 23.2 Å². The molecule has 0 saturated heterocycles. The van der Waals surface area contributed by atoms with E-state index in [1.807, 2.05) is 6.92 Å². The van der Waals surface area contributed by atoms with Crippen LogP contribution < -0.4 is 15.4 Å². The molecule has 0 atom stereocenters. The van der Waals surface area contributed by atoms with Gasteiger partial charge in [0.2, 0.25) is 0 Å². The summed E-state index contributed by atoms with van der Waals surface area (Å²) in [6, 6.07) is 6.29. The number of hydrogen-bond donors (Lipinski definition) is 2. The Morgan fingerprint density at radius 2 is 2.00 bits per heavy atom. The van der Waals surface area contributed by atoms with Crippen molar-refractivity contribution < 1.29 is 4.74 Å². The van der Waals surface area contributed by atoms with Crippen LogP contribution in [0.25, 0.3) is 0 Å². The third-order valence-electron chi connectivity index (χ3n) is 3.21. The summed E-state index contributed by atoms with van der Waals surface area (Å²) in [6.07, 6.45) is 1.13. The van der Waals surface area contributed by atoms with E-state index in [1.54, 1.807) is 7.05 Å². The average molecular weight is 419 g/mol. The molecule has 1 aromatic carbocycles. The van der Waals surface area contributed by atoms with Gasteiger partial charge >= 0.3 is 0 Å². The molecule has 0 fully saturated rings. The highest BCUT2D eigenvalue weighted by Crippen LogP contribution is 2.20. The number of aryl methyl sites for hydroxylation is 1. The number of hydrogen-bond acceptors (Lipinski definition) is 2. The van der Waals surface area contributed by atoms with Crippen LogP contribution in [0.4, 0.5) is 0 Å². The fraction of sp³-hybridized carbons (Fsp3) is 0.588. The Bertz CT molecular complexity index is 461. The van der Waals surface area contributed by atoms with E-state index in [-0.39, 0.29) is 24.0 Å². The van der Waals surface area contributed by atoms with Gasteiger partial charge in [-0.3, -0.25) is 4.99 Å². The summed E-state index contributed by atoms with van der Waals surface area (Å²) in [6.45, 7) is 10.8. The third-order valence-corrected chi connectivity index (χ3v) is 3.21. The minimum Gasteiger partial charge on any atom is -0.494 e. The Morgan fingerprint density at radius 3 is 2.59 bits per heavy atom. The summed E-state index contributed by atoms with van der Waals surface area (Å²) >= 11 is 0. The molecule has 0 unspecified atom stereocenters. The zero-order valence-electron chi connectivity index (χ0n) is 14.4. The molecule has 1 rings (SSSR count). The van der Waals surface area contributed by atoms with Gasteiger partial charge in [-0.05, 0) is 37.8 Å². The zero-order valence-corrected chi connectivity index (χ0v) is 16.7. The van der Waals surface area contributed by atoms with Crippen LogP contribution in [0, 0.1) is 12.8 Å². The van der Waals surface area contributed by atoms with Crippen LogP contribution in [0.3, 0.4) is 0 Å². The summed E-state index contributed by atoms with van der Waals surface area (Å²) in [7, 11) is 1.79. The molecule has 4 nitrogen and oxygen atoms in total. The van der Waals surface area contributed by atoms with Gasteiger partial charge in [0.1, 0.15) is 5.75 Å². The number of nitrogens with one attached hydrogen (secondary N) is 2. The van der Waals surface area contributed by atoms with Gasteiger partial charge in [0, 0.05) is 25.7 Å². The Hall–Kier alpha value is -0.980. The summed E-state index contributed by atoms with van der Waals surface area (Å²) in [5.41, 5.74) is 2.36. The Balaban J connectivity index is 0.00000441. The van der Waals surface area contributed by atoms with Crippen molar-refractivity contribution in [2.24, 2.45) is 10.9 Å². The Morgan fingerprint density at radius 1 is 1.27 bits per heavy atom. The lowest BCUT2D eigenvalue weighted by Crippen LogP contribution is -2.37. The van der Waals surface area contributed by atoms with Gasteiger partial charge in [0.15, 0.2) is 5.96 Å². The lowest BCUT2D eigenvalue weighted by atomic mass is 10.1. The maximum Gasteiger partial charge on any atom is 0.191 e. The summed E-state index contributed by atoms with van der Waals surface area (Å²) in [5.74, 6) is 2.47. The van der Waals surface area contributed by atoms with Gasteiger partial charge < -0.3 is 15.4 Å². The lowest BCUT2D eigenvalue weighted by Gasteiger charge is -2.15. The second-order valence-corrected chi connectivity index (χ2v) is 5.58. The van der Waals surface area contributed by atoms with Crippen molar-refractivity contribution in [3.63, 3.8) is 0 Å². The molecule has 0 radical (unpaired) electrons. The van der Waals surface area contributed by atoms with Crippen molar-refractivity contribution in [2.75, 3.05) is 20.2 Å². The van der Waals surface area contributed by atoms with E-state index in [1.165, 1.54) is 5.56 Å². The van der Waals surface area contributed by atoms with Gasteiger partial charge in [-0.2, -0.15) is 0 Å². The fourth-order valence-electron chi connectivity index (χ4n) is 1.98. The van der Waals surface area contributed by atoms with Gasteiger partial charge in [-0.15, -0.1) is 24.0 Å². The van der Waals surface area contributed by atoms with Crippen LogP contribution in [0.5, 0.6) is 5.75 Å². The SMILES string of the molecule is CCOc1cc(C)ccc1CNC(=NC)NCCC(C)C.I. The number of halogens is 1. The monoisotopic (exact) mass is 419 g/mol. The van der Waals surface area contributed by atoms with Crippen molar-refractivity contribution in [1.29, 1.82) is 0 Å². The van der Waals surface area contributed by atoms with Gasteiger partial charge in [-0.1, -0.05) is 26.0 Å². The molecule has 126 valence electrons. The van der Waals surface area contributed by atoms with E-state index in [0.29, 0.717) is 19.1 Å². The standard InChI is InChI=1S/C17H29N3O.HI/c1-6-21-16-11-14(4)7-8-15(16)12-20-17(18-5)19-10-9-13(2)3;/h7-8,11,13H,6,9-10,12H2,1-5H3,(H2,18,19,20);1H. The normalized spacial score (nSPS) is 11.1. The van der Waals surface area contributed by atoms with E-state index in [2.05, 4.69) is 54.6 Å². The van der Waals surface area contributed by atoms with Crippen LogP contribution in [-0.2, 0) is 6.54 Å². The maximum absolute atomic E-state index is 5.70. The van der Waals surface area contributed by atoms with Crippen LogP contribution in [0.2, 0.25) is 0 Å². The van der Waals surface area contributed by atoms with E-state index < -0.39 is 0 Å². The van der Waals surface area contributed by atoms with Crippen molar-refractivity contribution >= 4 is 29.9 Å². The summed E-state index contributed by atoms with van der Waals surface area (Å²) < 4.78 is 5.70. The van der Waals surface area contributed by atoms with Gasteiger partial charge in [-0.25, -0.2) is 0 Å². The van der Waals surface area contributed by atoms with Crippen molar-refractivity contribution in [3.8, 4) is 5.75 Å². The molecule has 0 aromatic heterocycles. The Kier molecular flexibility index (Phi) is 11.1. The smallest absolute Gasteiger partial charge is 0.191 e. The molecule has 0 aliphatic heterocycles. The average Bonchev–Trinajstić information content (AvgIpc) is 2.44.